The third-order valence-corrected chi connectivity index (χ3v) is 3.98. The summed E-state index contributed by atoms with van der Waals surface area (Å²) in [6, 6.07) is 0.0460. The Morgan fingerprint density at radius 3 is 2.71 bits per heavy atom. The molecule has 0 saturated carbocycles. The molecule has 98 valence electrons. The molecule has 0 spiro atoms. The van der Waals surface area contributed by atoms with Crippen molar-refractivity contribution in [3.63, 3.8) is 0 Å². The first-order valence-electron chi connectivity index (χ1n) is 6.97. The average Bonchev–Trinajstić information content (AvgIpc) is 2.64. The molecule has 1 amide bonds. The zero-order chi connectivity index (χ0) is 12.1. The summed E-state index contributed by atoms with van der Waals surface area (Å²) in [6.45, 7) is 1.88. The van der Waals surface area contributed by atoms with Gasteiger partial charge in [-0.3, -0.25) is 4.79 Å². The second-order valence-electron chi connectivity index (χ2n) is 5.22. The van der Waals surface area contributed by atoms with Gasteiger partial charge in [0.1, 0.15) is 0 Å². The molecule has 2 fully saturated rings. The van der Waals surface area contributed by atoms with Crippen molar-refractivity contribution in [1.82, 2.24) is 10.2 Å². The number of hydrogen-bond donors (Lipinski definition) is 2. The summed E-state index contributed by atoms with van der Waals surface area (Å²) in [5.74, 6) is 0.214. The van der Waals surface area contributed by atoms with Crippen molar-refractivity contribution in [2.45, 2.75) is 57.0 Å². The smallest absolute Gasteiger partial charge is 0.240 e. The zero-order valence-corrected chi connectivity index (χ0v) is 10.5. The van der Waals surface area contributed by atoms with Crippen LogP contribution in [0.3, 0.4) is 0 Å². The van der Waals surface area contributed by atoms with Crippen LogP contribution in [0.5, 0.6) is 0 Å². The van der Waals surface area contributed by atoms with Gasteiger partial charge in [0, 0.05) is 6.54 Å². The van der Waals surface area contributed by atoms with Crippen molar-refractivity contribution in [2.75, 3.05) is 19.7 Å². The Hall–Kier alpha value is -0.610. The molecule has 0 radical (unpaired) electrons. The van der Waals surface area contributed by atoms with E-state index in [1.807, 2.05) is 4.90 Å². The molecule has 0 aliphatic carbocycles. The maximum Gasteiger partial charge on any atom is 0.240 e. The van der Waals surface area contributed by atoms with Gasteiger partial charge in [-0.1, -0.05) is 19.3 Å². The lowest BCUT2D eigenvalue weighted by atomic mass is 10.0. The van der Waals surface area contributed by atoms with E-state index in [2.05, 4.69) is 5.32 Å². The Morgan fingerprint density at radius 1 is 1.18 bits per heavy atom. The van der Waals surface area contributed by atoms with Crippen molar-refractivity contribution in [1.29, 1.82) is 0 Å². The molecule has 0 bridgehead atoms. The number of likely N-dealkylation sites (tertiary alicyclic amines) is 1. The number of rotatable bonds is 2. The number of carbonyl (C=O) groups is 1. The van der Waals surface area contributed by atoms with Gasteiger partial charge < -0.3 is 15.3 Å². The second-order valence-corrected chi connectivity index (χ2v) is 5.22. The maximum atomic E-state index is 12.4. The molecule has 4 heteroatoms. The molecule has 2 heterocycles. The first-order valence-corrected chi connectivity index (χ1v) is 6.97. The molecule has 2 aliphatic heterocycles. The first kappa shape index (κ1) is 12.8. The third kappa shape index (κ3) is 3.19. The van der Waals surface area contributed by atoms with Crippen molar-refractivity contribution in [2.24, 2.45) is 0 Å². The van der Waals surface area contributed by atoms with Crippen LogP contribution in [-0.2, 0) is 4.79 Å². The fraction of sp³-hybridized carbons (Fsp3) is 0.923. The molecule has 2 N–H and O–H groups in total. The molecule has 2 saturated heterocycles. The van der Waals surface area contributed by atoms with E-state index in [1.165, 1.54) is 12.8 Å². The highest BCUT2D eigenvalue weighted by Crippen LogP contribution is 2.19. The summed E-state index contributed by atoms with van der Waals surface area (Å²) in [6.07, 6.45) is 7.61. The molecule has 17 heavy (non-hydrogen) atoms. The Morgan fingerprint density at radius 2 is 2.00 bits per heavy atom. The minimum absolute atomic E-state index is 0.00380. The van der Waals surface area contributed by atoms with E-state index < -0.39 is 0 Å². The summed E-state index contributed by atoms with van der Waals surface area (Å²) >= 11 is 0. The van der Waals surface area contributed by atoms with Crippen molar-refractivity contribution in [3.05, 3.63) is 0 Å². The monoisotopic (exact) mass is 240 g/mol. The van der Waals surface area contributed by atoms with Gasteiger partial charge in [-0.05, 0) is 32.2 Å². The normalized spacial score (nSPS) is 31.0. The standard InChI is InChI=1S/C13H24N2O2/c16-10-11-6-2-1-5-9-15(11)13(17)12-7-3-4-8-14-12/h11-12,14,16H,1-10H2/t11?,12-/m1/s1. The zero-order valence-electron chi connectivity index (χ0n) is 10.5. The van der Waals surface area contributed by atoms with E-state index in [0.29, 0.717) is 0 Å². The minimum Gasteiger partial charge on any atom is -0.394 e. The predicted molar refractivity (Wildman–Crippen MR) is 66.7 cm³/mol. The van der Waals surface area contributed by atoms with Gasteiger partial charge in [-0.25, -0.2) is 0 Å². The van der Waals surface area contributed by atoms with Crippen molar-refractivity contribution >= 4 is 5.91 Å². The minimum atomic E-state index is -0.00380. The van der Waals surface area contributed by atoms with Crippen LogP contribution in [0, 0.1) is 0 Å². The Balaban J connectivity index is 1.98. The maximum absolute atomic E-state index is 12.4. The van der Waals surface area contributed by atoms with Gasteiger partial charge in [-0.2, -0.15) is 0 Å². The number of nitrogens with one attached hydrogen (secondary N) is 1. The summed E-state index contributed by atoms with van der Waals surface area (Å²) < 4.78 is 0. The van der Waals surface area contributed by atoms with Crippen LogP contribution in [-0.4, -0.2) is 47.7 Å². The number of hydrogen-bond acceptors (Lipinski definition) is 3. The highest BCUT2D eigenvalue weighted by atomic mass is 16.3. The number of piperidine rings is 1. The summed E-state index contributed by atoms with van der Waals surface area (Å²) in [5.41, 5.74) is 0. The summed E-state index contributed by atoms with van der Waals surface area (Å²) in [4.78, 5) is 14.4. The largest absolute Gasteiger partial charge is 0.394 e. The average molecular weight is 240 g/mol. The third-order valence-electron chi connectivity index (χ3n) is 3.98. The molecule has 0 aromatic rings. The van der Waals surface area contributed by atoms with Gasteiger partial charge >= 0.3 is 0 Å². The van der Waals surface area contributed by atoms with Crippen LogP contribution in [0.4, 0.5) is 0 Å². The molecule has 4 nitrogen and oxygen atoms in total. The lowest BCUT2D eigenvalue weighted by Gasteiger charge is -2.33. The van der Waals surface area contributed by atoms with E-state index in [0.717, 1.165) is 45.2 Å². The van der Waals surface area contributed by atoms with E-state index >= 15 is 0 Å². The van der Waals surface area contributed by atoms with E-state index in [4.69, 9.17) is 0 Å². The molecule has 2 rings (SSSR count). The lowest BCUT2D eigenvalue weighted by Crippen LogP contribution is -2.52. The number of aliphatic hydroxyl groups excluding tert-OH is 1. The number of aliphatic hydroxyl groups is 1. The Kier molecular flexibility index (Phi) is 4.80. The molecule has 0 aromatic carbocycles. The number of carbonyl (C=O) groups excluding carboxylic acids is 1. The fourth-order valence-electron chi connectivity index (χ4n) is 2.92. The molecular weight excluding hydrogens is 216 g/mol. The van der Waals surface area contributed by atoms with Crippen LogP contribution in [0.1, 0.15) is 44.9 Å². The van der Waals surface area contributed by atoms with Gasteiger partial charge in [0.05, 0.1) is 18.7 Å². The van der Waals surface area contributed by atoms with Gasteiger partial charge in [0.25, 0.3) is 0 Å². The topological polar surface area (TPSA) is 52.6 Å². The number of nitrogens with zero attached hydrogens (tertiary/aromatic N) is 1. The molecule has 1 unspecified atom stereocenters. The van der Waals surface area contributed by atoms with Crippen LogP contribution in [0.2, 0.25) is 0 Å². The van der Waals surface area contributed by atoms with Crippen LogP contribution < -0.4 is 5.32 Å². The number of amides is 1. The molecule has 2 atom stereocenters. The van der Waals surface area contributed by atoms with Crippen LogP contribution in [0.15, 0.2) is 0 Å². The summed E-state index contributed by atoms with van der Waals surface area (Å²) in [5, 5.41) is 12.7. The quantitative estimate of drug-likeness (QED) is 0.754. The van der Waals surface area contributed by atoms with Gasteiger partial charge in [-0.15, -0.1) is 0 Å². The fourth-order valence-corrected chi connectivity index (χ4v) is 2.92. The molecular formula is C13H24N2O2. The van der Waals surface area contributed by atoms with Gasteiger partial charge in [0.15, 0.2) is 0 Å². The van der Waals surface area contributed by atoms with Crippen molar-refractivity contribution < 1.29 is 9.90 Å². The van der Waals surface area contributed by atoms with E-state index in [-0.39, 0.29) is 24.6 Å². The van der Waals surface area contributed by atoms with E-state index in [1.54, 1.807) is 0 Å². The predicted octanol–water partition coefficient (Wildman–Crippen LogP) is 0.892. The Labute approximate surface area is 103 Å². The van der Waals surface area contributed by atoms with E-state index in [9.17, 15) is 9.90 Å². The van der Waals surface area contributed by atoms with Crippen LogP contribution in [0.25, 0.3) is 0 Å². The lowest BCUT2D eigenvalue weighted by molar-refractivity contribution is -0.137. The first-order chi connectivity index (χ1) is 8.33. The second kappa shape index (κ2) is 6.36. The van der Waals surface area contributed by atoms with Crippen molar-refractivity contribution in [3.8, 4) is 0 Å². The highest BCUT2D eigenvalue weighted by molar-refractivity contribution is 5.82. The molecule has 2 aliphatic rings. The molecule has 0 aromatic heterocycles. The van der Waals surface area contributed by atoms with Crippen LogP contribution >= 0.6 is 0 Å². The van der Waals surface area contributed by atoms with Gasteiger partial charge in [0.2, 0.25) is 5.91 Å². The highest BCUT2D eigenvalue weighted by Gasteiger charge is 2.30. The Bertz CT molecular complexity index is 252. The summed E-state index contributed by atoms with van der Waals surface area (Å²) in [7, 11) is 0. The SMILES string of the molecule is O=C([C@H]1CCCCN1)N1CCCCCC1CO.